The summed E-state index contributed by atoms with van der Waals surface area (Å²) in [6.45, 7) is 4.03. The first-order chi connectivity index (χ1) is 7.95. The van der Waals surface area contributed by atoms with E-state index in [1.807, 2.05) is 6.92 Å². The van der Waals surface area contributed by atoms with Crippen molar-refractivity contribution in [1.29, 1.82) is 0 Å². The largest absolute Gasteiger partial charge is 0.374 e. The Kier molecular flexibility index (Phi) is 5.61. The van der Waals surface area contributed by atoms with Crippen molar-refractivity contribution in [3.8, 4) is 0 Å². The number of alkyl halides is 4. The van der Waals surface area contributed by atoms with E-state index in [4.69, 9.17) is 4.74 Å². The third kappa shape index (κ3) is 4.77. The lowest BCUT2D eigenvalue weighted by Crippen LogP contribution is -2.48. The number of likely N-dealkylation sites (N-methyl/N-ethyl adjacent to an activating group) is 1. The molecule has 0 aliphatic carbocycles. The molecule has 0 bridgehead atoms. The number of morpholine rings is 1. The van der Waals surface area contributed by atoms with Gasteiger partial charge in [0.1, 0.15) is 0 Å². The van der Waals surface area contributed by atoms with Gasteiger partial charge in [0.15, 0.2) is 0 Å². The number of hydrogen-bond donors (Lipinski definition) is 1. The van der Waals surface area contributed by atoms with Gasteiger partial charge in [0.25, 0.3) is 0 Å². The van der Waals surface area contributed by atoms with Crippen molar-refractivity contribution in [2.75, 3.05) is 39.3 Å². The maximum absolute atomic E-state index is 12.6. The second-order valence-corrected chi connectivity index (χ2v) is 4.08. The van der Waals surface area contributed by atoms with Crippen molar-refractivity contribution in [2.45, 2.75) is 25.4 Å². The summed E-state index contributed by atoms with van der Waals surface area (Å²) in [5.74, 6) is -3.97. The first kappa shape index (κ1) is 14.7. The van der Waals surface area contributed by atoms with E-state index in [0.29, 0.717) is 13.2 Å². The van der Waals surface area contributed by atoms with Gasteiger partial charge in [-0.15, -0.1) is 0 Å². The summed E-state index contributed by atoms with van der Waals surface area (Å²) in [6, 6.07) is 0. The van der Waals surface area contributed by atoms with Crippen LogP contribution in [0.1, 0.15) is 6.92 Å². The predicted octanol–water partition coefficient (Wildman–Crippen LogP) is 1.20. The number of nitrogens with zero attached hydrogens (tertiary/aromatic N) is 1. The Morgan fingerprint density at radius 1 is 1.47 bits per heavy atom. The first-order valence-corrected chi connectivity index (χ1v) is 5.66. The number of nitrogens with one attached hydrogen (secondary N) is 1. The zero-order valence-corrected chi connectivity index (χ0v) is 9.76. The molecule has 0 radical (unpaired) electrons. The molecule has 1 N–H and O–H groups in total. The fraction of sp³-hybridized carbons (Fsp3) is 1.00. The van der Waals surface area contributed by atoms with Crippen LogP contribution in [-0.4, -0.2) is 62.7 Å². The molecule has 0 aromatic carbocycles. The van der Waals surface area contributed by atoms with Crippen LogP contribution in [0.5, 0.6) is 0 Å². The van der Waals surface area contributed by atoms with Gasteiger partial charge in [0.05, 0.1) is 19.3 Å². The monoisotopic (exact) mass is 258 g/mol. The maximum Gasteiger partial charge on any atom is 0.319 e. The molecule has 1 unspecified atom stereocenters. The van der Waals surface area contributed by atoms with Crippen molar-refractivity contribution in [2.24, 2.45) is 0 Å². The molecule has 1 heterocycles. The molecular formula is C10H18F4N2O. The molecule has 1 saturated heterocycles. The lowest BCUT2D eigenvalue weighted by atomic mass is 10.2. The second-order valence-electron chi connectivity index (χ2n) is 4.08. The summed E-state index contributed by atoms with van der Waals surface area (Å²) in [5, 5.41) is 2.34. The van der Waals surface area contributed by atoms with Crippen LogP contribution in [0, 0.1) is 0 Å². The number of hydrogen-bond acceptors (Lipinski definition) is 3. The van der Waals surface area contributed by atoms with Crippen molar-refractivity contribution in [1.82, 2.24) is 10.2 Å². The summed E-state index contributed by atoms with van der Waals surface area (Å²) in [5.41, 5.74) is 0. The van der Waals surface area contributed by atoms with Crippen LogP contribution in [-0.2, 0) is 4.74 Å². The predicted molar refractivity (Wildman–Crippen MR) is 55.7 cm³/mol. The fourth-order valence-electron chi connectivity index (χ4n) is 1.67. The normalized spacial score (nSPS) is 23.3. The highest BCUT2D eigenvalue weighted by molar-refractivity contribution is 4.76. The molecule has 0 saturated carbocycles. The molecule has 1 atom stereocenters. The Morgan fingerprint density at radius 2 is 2.18 bits per heavy atom. The van der Waals surface area contributed by atoms with Crippen molar-refractivity contribution in [3.63, 3.8) is 0 Å². The molecular weight excluding hydrogens is 240 g/mol. The van der Waals surface area contributed by atoms with Gasteiger partial charge in [-0.3, -0.25) is 4.90 Å². The van der Waals surface area contributed by atoms with Gasteiger partial charge < -0.3 is 10.1 Å². The molecule has 0 spiro atoms. The van der Waals surface area contributed by atoms with E-state index in [1.54, 1.807) is 0 Å². The summed E-state index contributed by atoms with van der Waals surface area (Å²) in [4.78, 5) is 2.13. The number of halogens is 4. The van der Waals surface area contributed by atoms with Crippen LogP contribution in [0.4, 0.5) is 17.6 Å². The SMILES string of the molecule is CCN1CCOC(CNCC(F)(F)C(F)F)C1. The summed E-state index contributed by atoms with van der Waals surface area (Å²) in [7, 11) is 0. The van der Waals surface area contributed by atoms with E-state index in [0.717, 1.165) is 13.1 Å². The topological polar surface area (TPSA) is 24.5 Å². The summed E-state index contributed by atoms with van der Waals surface area (Å²) < 4.78 is 54.2. The second kappa shape index (κ2) is 6.51. The first-order valence-electron chi connectivity index (χ1n) is 5.66. The molecule has 0 aromatic heterocycles. The van der Waals surface area contributed by atoms with Gasteiger partial charge in [-0.05, 0) is 6.54 Å². The number of rotatable bonds is 6. The minimum Gasteiger partial charge on any atom is -0.374 e. The minimum atomic E-state index is -3.97. The fourth-order valence-corrected chi connectivity index (χ4v) is 1.67. The molecule has 1 fully saturated rings. The van der Waals surface area contributed by atoms with E-state index in [1.165, 1.54) is 0 Å². The standard InChI is InChI=1S/C10H18F4N2O/c1-2-16-3-4-17-8(6-16)5-15-7-10(13,14)9(11)12/h8-9,15H,2-7H2,1H3. The van der Waals surface area contributed by atoms with Crippen LogP contribution >= 0.6 is 0 Å². The molecule has 1 aliphatic heterocycles. The van der Waals surface area contributed by atoms with Crippen molar-refractivity contribution < 1.29 is 22.3 Å². The van der Waals surface area contributed by atoms with Crippen LogP contribution in [0.2, 0.25) is 0 Å². The van der Waals surface area contributed by atoms with Crippen LogP contribution in [0.25, 0.3) is 0 Å². The highest BCUT2D eigenvalue weighted by Gasteiger charge is 2.40. The Balaban J connectivity index is 2.22. The van der Waals surface area contributed by atoms with Gasteiger partial charge >= 0.3 is 12.3 Å². The van der Waals surface area contributed by atoms with E-state index in [9.17, 15) is 17.6 Å². The zero-order valence-electron chi connectivity index (χ0n) is 9.76. The highest BCUT2D eigenvalue weighted by Crippen LogP contribution is 2.21. The average Bonchev–Trinajstić information content (AvgIpc) is 2.29. The minimum absolute atomic E-state index is 0.165. The molecule has 0 aromatic rings. The van der Waals surface area contributed by atoms with E-state index in [2.05, 4.69) is 10.2 Å². The third-order valence-electron chi connectivity index (χ3n) is 2.72. The van der Waals surface area contributed by atoms with Gasteiger partial charge in [-0.25, -0.2) is 8.78 Å². The van der Waals surface area contributed by atoms with Gasteiger partial charge in [-0.1, -0.05) is 6.92 Å². The molecule has 1 aliphatic rings. The lowest BCUT2D eigenvalue weighted by Gasteiger charge is -2.32. The molecule has 17 heavy (non-hydrogen) atoms. The molecule has 3 nitrogen and oxygen atoms in total. The van der Waals surface area contributed by atoms with Crippen LogP contribution in [0.3, 0.4) is 0 Å². The van der Waals surface area contributed by atoms with Gasteiger partial charge in [0.2, 0.25) is 0 Å². The van der Waals surface area contributed by atoms with Gasteiger partial charge in [0, 0.05) is 19.6 Å². The highest BCUT2D eigenvalue weighted by atomic mass is 19.3. The Labute approximate surface area is 98.1 Å². The molecule has 0 amide bonds. The van der Waals surface area contributed by atoms with Crippen molar-refractivity contribution in [3.05, 3.63) is 0 Å². The van der Waals surface area contributed by atoms with Crippen molar-refractivity contribution >= 4 is 0 Å². The average molecular weight is 258 g/mol. The summed E-state index contributed by atoms with van der Waals surface area (Å²) in [6.07, 6.45) is -3.84. The van der Waals surface area contributed by atoms with E-state index in [-0.39, 0.29) is 12.6 Å². The quantitative estimate of drug-likeness (QED) is 0.724. The lowest BCUT2D eigenvalue weighted by molar-refractivity contribution is -0.126. The molecule has 102 valence electrons. The zero-order chi connectivity index (χ0) is 12.9. The molecule has 7 heteroatoms. The van der Waals surface area contributed by atoms with E-state index >= 15 is 0 Å². The smallest absolute Gasteiger partial charge is 0.319 e. The Bertz CT molecular complexity index is 228. The summed E-state index contributed by atoms with van der Waals surface area (Å²) >= 11 is 0. The molecule has 1 rings (SSSR count). The maximum atomic E-state index is 12.6. The number of ether oxygens (including phenoxy) is 1. The van der Waals surface area contributed by atoms with Crippen LogP contribution < -0.4 is 5.32 Å². The third-order valence-corrected chi connectivity index (χ3v) is 2.72. The Hall–Kier alpha value is -0.400. The Morgan fingerprint density at radius 3 is 2.76 bits per heavy atom. The van der Waals surface area contributed by atoms with Gasteiger partial charge in [-0.2, -0.15) is 8.78 Å². The van der Waals surface area contributed by atoms with E-state index < -0.39 is 18.9 Å². The van der Waals surface area contributed by atoms with Crippen LogP contribution in [0.15, 0.2) is 0 Å².